The third-order valence-electron chi connectivity index (χ3n) is 8.30. The van der Waals surface area contributed by atoms with Gasteiger partial charge in [-0.3, -0.25) is 4.79 Å². The first-order valence-electron chi connectivity index (χ1n) is 15.3. The van der Waals surface area contributed by atoms with Crippen LogP contribution >= 0.6 is 0 Å². The molecule has 7 nitrogen and oxygen atoms in total. The molecule has 1 saturated heterocycles. The van der Waals surface area contributed by atoms with Crippen LogP contribution in [-0.2, 0) is 16.0 Å². The van der Waals surface area contributed by atoms with E-state index in [-0.39, 0.29) is 17.9 Å². The van der Waals surface area contributed by atoms with Crippen LogP contribution in [0.2, 0.25) is 0 Å². The van der Waals surface area contributed by atoms with Gasteiger partial charge in [0, 0.05) is 44.6 Å². The lowest BCUT2D eigenvalue weighted by Gasteiger charge is -2.34. The zero-order valence-corrected chi connectivity index (χ0v) is 24.9. The minimum atomic E-state index is 0.0524. The Bertz CT molecular complexity index is 1080. The molecule has 1 aromatic heterocycles. The Labute approximate surface area is 240 Å². The first-order valence-corrected chi connectivity index (χ1v) is 15.3. The summed E-state index contributed by atoms with van der Waals surface area (Å²) in [5.74, 6) is 3.11. The van der Waals surface area contributed by atoms with Gasteiger partial charge in [-0.2, -0.15) is 0 Å². The Morgan fingerprint density at radius 2 is 1.77 bits per heavy atom. The zero-order chi connectivity index (χ0) is 28.3. The number of nitrogens with zero attached hydrogens (tertiary/aromatic N) is 3. The highest BCUT2D eigenvalue weighted by molar-refractivity contribution is 5.80. The Hall–Kier alpha value is -2.93. The molecule has 1 unspecified atom stereocenters. The maximum Gasteiger partial charge on any atom is 0.225 e. The van der Waals surface area contributed by atoms with Crippen molar-refractivity contribution in [3.05, 3.63) is 53.9 Å². The van der Waals surface area contributed by atoms with Gasteiger partial charge in [0.2, 0.25) is 11.9 Å². The van der Waals surface area contributed by atoms with E-state index in [1.807, 2.05) is 12.4 Å². The SMILES string of the molecule is CCc1cnc(N2CCC([C@@H](C)Oc3ccc(C4=CCC(C(=O)NCCOCCC(C)C)CC4)cc3)CC2)nc1. The van der Waals surface area contributed by atoms with E-state index in [0.29, 0.717) is 25.0 Å². The van der Waals surface area contributed by atoms with Crippen molar-refractivity contribution in [1.29, 1.82) is 0 Å². The van der Waals surface area contributed by atoms with Crippen molar-refractivity contribution < 1.29 is 14.3 Å². The minimum Gasteiger partial charge on any atom is -0.490 e. The second kappa shape index (κ2) is 15.2. The summed E-state index contributed by atoms with van der Waals surface area (Å²) in [6.45, 7) is 12.5. The van der Waals surface area contributed by atoms with Gasteiger partial charge in [-0.05, 0) is 92.5 Å². The van der Waals surface area contributed by atoms with E-state index < -0.39 is 0 Å². The molecule has 1 aromatic carbocycles. The van der Waals surface area contributed by atoms with Crippen LogP contribution in [0.15, 0.2) is 42.7 Å². The van der Waals surface area contributed by atoms with Crippen molar-refractivity contribution in [2.24, 2.45) is 17.8 Å². The lowest BCUT2D eigenvalue weighted by Crippen LogP contribution is -2.39. The molecule has 40 heavy (non-hydrogen) atoms. The highest BCUT2D eigenvalue weighted by Crippen LogP contribution is 2.32. The molecule has 2 aliphatic rings. The molecule has 1 aliphatic carbocycles. The highest BCUT2D eigenvalue weighted by Gasteiger charge is 2.26. The number of aryl methyl sites for hydroxylation is 1. The fraction of sp³-hybridized carbons (Fsp3) is 0.606. The van der Waals surface area contributed by atoms with E-state index in [9.17, 15) is 4.79 Å². The van der Waals surface area contributed by atoms with Crippen molar-refractivity contribution in [3.63, 3.8) is 0 Å². The quantitative estimate of drug-likeness (QED) is 0.306. The van der Waals surface area contributed by atoms with Gasteiger partial charge >= 0.3 is 0 Å². The number of allylic oxidation sites excluding steroid dienone is 2. The summed E-state index contributed by atoms with van der Waals surface area (Å²) in [6.07, 6.45) is 13.0. The molecule has 7 heteroatoms. The van der Waals surface area contributed by atoms with Crippen molar-refractivity contribution in [1.82, 2.24) is 15.3 Å². The first kappa shape index (κ1) is 30.0. The van der Waals surface area contributed by atoms with Crippen molar-refractivity contribution in [2.75, 3.05) is 37.7 Å². The number of amides is 1. The number of piperidine rings is 1. The molecule has 2 aromatic rings. The Balaban J connectivity index is 1.17. The van der Waals surface area contributed by atoms with Crippen molar-refractivity contribution >= 4 is 17.4 Å². The number of hydrogen-bond donors (Lipinski definition) is 1. The number of nitrogens with one attached hydrogen (secondary N) is 1. The molecule has 0 radical (unpaired) electrons. The molecular weight excluding hydrogens is 500 g/mol. The summed E-state index contributed by atoms with van der Waals surface area (Å²) >= 11 is 0. The number of carbonyl (C=O) groups is 1. The average Bonchev–Trinajstić information content (AvgIpc) is 2.99. The number of aromatic nitrogens is 2. The average molecular weight is 549 g/mol. The van der Waals surface area contributed by atoms with Gasteiger partial charge < -0.3 is 19.7 Å². The normalized spacial score (nSPS) is 18.9. The Morgan fingerprint density at radius 1 is 1.05 bits per heavy atom. The topological polar surface area (TPSA) is 76.6 Å². The van der Waals surface area contributed by atoms with Gasteiger partial charge in [0.1, 0.15) is 5.75 Å². The highest BCUT2D eigenvalue weighted by atomic mass is 16.5. The predicted octanol–water partition coefficient (Wildman–Crippen LogP) is 6.09. The minimum absolute atomic E-state index is 0.0524. The largest absolute Gasteiger partial charge is 0.490 e. The number of benzene rings is 1. The van der Waals surface area contributed by atoms with Crippen LogP contribution in [0.4, 0.5) is 5.95 Å². The molecule has 1 N–H and O–H groups in total. The van der Waals surface area contributed by atoms with E-state index in [0.717, 1.165) is 76.3 Å². The predicted molar refractivity (Wildman–Crippen MR) is 161 cm³/mol. The molecule has 0 bridgehead atoms. The third-order valence-corrected chi connectivity index (χ3v) is 8.30. The number of ether oxygens (including phenoxy) is 2. The summed E-state index contributed by atoms with van der Waals surface area (Å²) in [6, 6.07) is 8.48. The number of anilines is 1. The molecule has 4 rings (SSSR count). The Morgan fingerprint density at radius 3 is 2.40 bits per heavy atom. The van der Waals surface area contributed by atoms with E-state index in [4.69, 9.17) is 9.47 Å². The second-order valence-electron chi connectivity index (χ2n) is 11.7. The van der Waals surface area contributed by atoms with E-state index in [2.05, 4.69) is 78.2 Å². The number of rotatable bonds is 13. The van der Waals surface area contributed by atoms with Crippen LogP contribution in [0.5, 0.6) is 5.75 Å². The molecule has 1 amide bonds. The van der Waals surface area contributed by atoms with E-state index in [1.165, 1.54) is 16.7 Å². The first-order chi connectivity index (χ1) is 19.4. The van der Waals surface area contributed by atoms with Gasteiger partial charge in [0.05, 0.1) is 12.7 Å². The van der Waals surface area contributed by atoms with E-state index in [1.54, 1.807) is 0 Å². The molecule has 0 saturated carbocycles. The molecule has 2 atom stereocenters. The van der Waals surface area contributed by atoms with E-state index >= 15 is 0 Å². The van der Waals surface area contributed by atoms with Crippen LogP contribution in [0.1, 0.15) is 77.3 Å². The lowest BCUT2D eigenvalue weighted by molar-refractivity contribution is -0.125. The number of hydrogen-bond acceptors (Lipinski definition) is 6. The molecule has 1 aliphatic heterocycles. The van der Waals surface area contributed by atoms with Gasteiger partial charge in [-0.15, -0.1) is 0 Å². The molecule has 2 heterocycles. The van der Waals surface area contributed by atoms with Crippen LogP contribution in [0.3, 0.4) is 0 Å². The summed E-state index contributed by atoms with van der Waals surface area (Å²) in [5.41, 5.74) is 3.72. The van der Waals surface area contributed by atoms with Gasteiger partial charge in [-0.25, -0.2) is 9.97 Å². The fourth-order valence-corrected chi connectivity index (χ4v) is 5.47. The fourth-order valence-electron chi connectivity index (χ4n) is 5.47. The van der Waals surface area contributed by atoms with Gasteiger partial charge in [0.25, 0.3) is 0 Å². The van der Waals surface area contributed by atoms with Crippen LogP contribution < -0.4 is 15.0 Å². The zero-order valence-electron chi connectivity index (χ0n) is 24.9. The third kappa shape index (κ3) is 8.79. The maximum atomic E-state index is 12.6. The standard InChI is InChI=1S/C33H48N4O3/c1-5-26-22-35-33(36-23-26)37-18-14-27(15-19-37)25(4)40-31-12-10-29(11-13-31)28-6-8-30(9-7-28)32(38)34-17-21-39-20-16-24(2)3/h6,10-13,22-25,27,30H,5,7-9,14-21H2,1-4H3,(H,34,38)/t25-,30?/m1/s1. The van der Waals surface area contributed by atoms with Crippen molar-refractivity contribution in [2.45, 2.75) is 78.7 Å². The Kier molecular flexibility index (Phi) is 11.4. The summed E-state index contributed by atoms with van der Waals surface area (Å²) in [5, 5.41) is 3.04. The van der Waals surface area contributed by atoms with Crippen molar-refractivity contribution in [3.8, 4) is 5.75 Å². The molecular formula is C33H48N4O3. The maximum absolute atomic E-state index is 12.6. The summed E-state index contributed by atoms with van der Waals surface area (Å²) in [7, 11) is 0. The number of carbonyl (C=O) groups excluding carboxylic acids is 1. The van der Waals surface area contributed by atoms with Gasteiger partial charge in [-0.1, -0.05) is 39.0 Å². The monoisotopic (exact) mass is 548 g/mol. The molecule has 218 valence electrons. The molecule has 1 fully saturated rings. The van der Waals surface area contributed by atoms with Crippen LogP contribution in [0.25, 0.3) is 5.57 Å². The second-order valence-corrected chi connectivity index (χ2v) is 11.7. The van der Waals surface area contributed by atoms with Gasteiger partial charge in [0.15, 0.2) is 0 Å². The summed E-state index contributed by atoms with van der Waals surface area (Å²) < 4.78 is 12.0. The van der Waals surface area contributed by atoms with Crippen LogP contribution in [0, 0.1) is 17.8 Å². The van der Waals surface area contributed by atoms with Crippen LogP contribution in [-0.4, -0.2) is 54.8 Å². The summed E-state index contributed by atoms with van der Waals surface area (Å²) in [4.78, 5) is 23.9. The lowest BCUT2D eigenvalue weighted by atomic mass is 9.86. The smallest absolute Gasteiger partial charge is 0.225 e. The molecule has 0 spiro atoms.